The first kappa shape index (κ1) is 23.5. The number of carbonyl (C=O) groups excluding carboxylic acids is 1. The first-order chi connectivity index (χ1) is 15.9. The van der Waals surface area contributed by atoms with Crippen LogP contribution in [-0.4, -0.2) is 26.2 Å². The van der Waals surface area contributed by atoms with Crippen LogP contribution in [0.2, 0.25) is 0 Å². The van der Waals surface area contributed by atoms with E-state index in [2.05, 4.69) is 47.0 Å². The number of amides is 1. The maximum Gasteiger partial charge on any atom is 0.266 e. The van der Waals surface area contributed by atoms with Crippen molar-refractivity contribution in [1.82, 2.24) is 9.47 Å². The van der Waals surface area contributed by atoms with Crippen molar-refractivity contribution in [3.63, 3.8) is 0 Å². The second kappa shape index (κ2) is 10.1. The topological polar surface area (TPSA) is 34.5 Å². The van der Waals surface area contributed by atoms with E-state index in [4.69, 9.17) is 17.0 Å². The maximum absolute atomic E-state index is 12.7. The van der Waals surface area contributed by atoms with Gasteiger partial charge >= 0.3 is 0 Å². The fraction of sp³-hybridized carbons (Fsp3) is 0.154. The number of thioether (sulfide) groups is 1. The number of thiocarbonyl (C=S) groups is 1. The first-order valence-electron chi connectivity index (χ1n) is 10.4. The zero-order valence-corrected chi connectivity index (χ0v) is 21.6. The second-order valence-corrected chi connectivity index (χ2v) is 10.2. The molecular weight excluding hydrogens is 516 g/mol. The molecule has 0 radical (unpaired) electrons. The summed E-state index contributed by atoms with van der Waals surface area (Å²) in [5.41, 5.74) is 5.30. The number of nitrogens with zero attached hydrogens (tertiary/aromatic N) is 2. The van der Waals surface area contributed by atoms with Crippen molar-refractivity contribution in [2.24, 2.45) is 0 Å². The summed E-state index contributed by atoms with van der Waals surface area (Å²) in [6.45, 7) is 8.77. The molecule has 2 aromatic carbocycles. The quantitative estimate of drug-likeness (QED) is 0.187. The van der Waals surface area contributed by atoms with Gasteiger partial charge in [-0.1, -0.05) is 58.1 Å². The fourth-order valence-corrected chi connectivity index (χ4v) is 5.23. The molecule has 0 bridgehead atoms. The monoisotopic (exact) mass is 538 g/mol. The average molecular weight is 540 g/mol. The van der Waals surface area contributed by atoms with Gasteiger partial charge in [0.25, 0.3) is 5.91 Å². The van der Waals surface area contributed by atoms with Crippen LogP contribution < -0.4 is 4.74 Å². The standard InChI is InChI=1S/C26H23BrN2O2S2/c1-4-13-28-25(30)24(33-26(28)32)15-20-14-17(2)29(18(20)3)22-9-11-23(12-10-22)31-16-19-5-7-21(27)8-6-19/h4-12,14-15H,1,13,16H2,2-3H3/b24-15-. The third kappa shape index (κ3) is 5.16. The zero-order valence-electron chi connectivity index (χ0n) is 18.4. The summed E-state index contributed by atoms with van der Waals surface area (Å²) < 4.78 is 9.73. The fourth-order valence-electron chi connectivity index (χ4n) is 3.70. The molecule has 1 saturated heterocycles. The van der Waals surface area contributed by atoms with Crippen LogP contribution in [-0.2, 0) is 11.4 Å². The van der Waals surface area contributed by atoms with E-state index >= 15 is 0 Å². The number of aromatic nitrogens is 1. The van der Waals surface area contributed by atoms with Gasteiger partial charge in [-0.05, 0) is 73.5 Å². The summed E-state index contributed by atoms with van der Waals surface area (Å²) in [4.78, 5) is 14.9. The molecule has 0 atom stereocenters. The molecule has 1 amide bonds. The molecule has 0 unspecified atom stereocenters. The summed E-state index contributed by atoms with van der Waals surface area (Å²) in [5, 5.41) is 0. The number of benzene rings is 2. The molecule has 1 aliphatic rings. The minimum atomic E-state index is -0.0676. The Kier molecular flexibility index (Phi) is 7.22. The number of aryl methyl sites for hydroxylation is 1. The highest BCUT2D eigenvalue weighted by Gasteiger charge is 2.31. The number of hydrogen-bond donors (Lipinski definition) is 0. The molecule has 0 saturated carbocycles. The Balaban J connectivity index is 1.52. The lowest BCUT2D eigenvalue weighted by Crippen LogP contribution is -2.27. The lowest BCUT2D eigenvalue weighted by molar-refractivity contribution is -0.121. The lowest BCUT2D eigenvalue weighted by atomic mass is 10.2. The van der Waals surface area contributed by atoms with Gasteiger partial charge in [0, 0.05) is 28.1 Å². The Labute approximate surface area is 212 Å². The number of rotatable bonds is 7. The molecule has 0 aliphatic carbocycles. The largest absolute Gasteiger partial charge is 0.489 e. The van der Waals surface area contributed by atoms with Gasteiger partial charge in [-0.15, -0.1) is 6.58 Å². The van der Waals surface area contributed by atoms with E-state index in [1.54, 1.807) is 11.0 Å². The molecule has 0 spiro atoms. The molecule has 33 heavy (non-hydrogen) atoms. The number of hydrogen-bond acceptors (Lipinski definition) is 4. The van der Waals surface area contributed by atoms with Gasteiger partial charge in [-0.25, -0.2) is 0 Å². The Morgan fingerprint density at radius 3 is 2.48 bits per heavy atom. The smallest absolute Gasteiger partial charge is 0.266 e. The molecule has 1 fully saturated rings. The third-order valence-corrected chi connectivity index (χ3v) is 7.26. The summed E-state index contributed by atoms with van der Waals surface area (Å²) >= 11 is 10.1. The predicted molar refractivity (Wildman–Crippen MR) is 144 cm³/mol. The molecule has 1 aromatic heterocycles. The Bertz CT molecular complexity index is 1240. The highest BCUT2D eigenvalue weighted by atomic mass is 79.9. The maximum atomic E-state index is 12.7. The van der Waals surface area contributed by atoms with E-state index in [1.165, 1.54) is 11.8 Å². The highest BCUT2D eigenvalue weighted by molar-refractivity contribution is 9.10. The van der Waals surface area contributed by atoms with Crippen LogP contribution in [0.25, 0.3) is 11.8 Å². The van der Waals surface area contributed by atoms with Gasteiger partial charge in [0.1, 0.15) is 16.7 Å². The van der Waals surface area contributed by atoms with Crippen molar-refractivity contribution in [3.05, 3.63) is 99.1 Å². The summed E-state index contributed by atoms with van der Waals surface area (Å²) in [7, 11) is 0. The van der Waals surface area contributed by atoms with Gasteiger partial charge in [0.2, 0.25) is 0 Å². The molecule has 3 aromatic rings. The molecule has 7 heteroatoms. The van der Waals surface area contributed by atoms with E-state index in [0.717, 1.165) is 38.4 Å². The first-order valence-corrected chi connectivity index (χ1v) is 12.4. The van der Waals surface area contributed by atoms with Gasteiger partial charge < -0.3 is 9.30 Å². The third-order valence-electron chi connectivity index (χ3n) is 5.36. The molecule has 0 N–H and O–H groups in total. The highest BCUT2D eigenvalue weighted by Crippen LogP contribution is 2.34. The SMILES string of the molecule is C=CCN1C(=O)/C(=C/c2cc(C)n(-c3ccc(OCc4ccc(Br)cc4)cc3)c2C)SC1=S. The van der Waals surface area contributed by atoms with Crippen molar-refractivity contribution in [2.75, 3.05) is 6.54 Å². The van der Waals surface area contributed by atoms with E-state index in [9.17, 15) is 4.79 Å². The summed E-state index contributed by atoms with van der Waals surface area (Å²) in [6, 6.07) is 18.2. The van der Waals surface area contributed by atoms with E-state index in [0.29, 0.717) is 22.4 Å². The number of halogens is 1. The minimum absolute atomic E-state index is 0.0676. The molecule has 1 aliphatic heterocycles. The lowest BCUT2D eigenvalue weighted by Gasteiger charge is -2.12. The summed E-state index contributed by atoms with van der Waals surface area (Å²) in [6.07, 6.45) is 3.61. The van der Waals surface area contributed by atoms with Gasteiger partial charge in [-0.2, -0.15) is 0 Å². The van der Waals surface area contributed by atoms with Gasteiger partial charge in [-0.3, -0.25) is 9.69 Å². The van der Waals surface area contributed by atoms with E-state index < -0.39 is 0 Å². The molecule has 4 rings (SSSR count). The van der Waals surface area contributed by atoms with Crippen LogP contribution >= 0.6 is 39.9 Å². The molecule has 2 heterocycles. The van der Waals surface area contributed by atoms with E-state index in [-0.39, 0.29) is 5.91 Å². The predicted octanol–water partition coefficient (Wildman–Crippen LogP) is 6.82. The minimum Gasteiger partial charge on any atom is -0.489 e. The Hall–Kier alpha value is -2.61. The molecule has 4 nitrogen and oxygen atoms in total. The van der Waals surface area contributed by atoms with Crippen LogP contribution in [0.3, 0.4) is 0 Å². The van der Waals surface area contributed by atoms with Crippen LogP contribution in [0.4, 0.5) is 0 Å². The Morgan fingerprint density at radius 2 is 1.82 bits per heavy atom. The van der Waals surface area contributed by atoms with E-state index in [1.807, 2.05) is 54.6 Å². The van der Waals surface area contributed by atoms with Crippen LogP contribution in [0.5, 0.6) is 5.75 Å². The average Bonchev–Trinajstić information content (AvgIpc) is 3.23. The number of carbonyl (C=O) groups is 1. The van der Waals surface area contributed by atoms with Gasteiger partial charge in [0.05, 0.1) is 4.91 Å². The number of ether oxygens (including phenoxy) is 1. The van der Waals surface area contributed by atoms with Crippen molar-refractivity contribution < 1.29 is 9.53 Å². The van der Waals surface area contributed by atoms with Crippen molar-refractivity contribution in [3.8, 4) is 11.4 Å². The van der Waals surface area contributed by atoms with Crippen LogP contribution in [0.15, 0.2) is 76.6 Å². The normalized spacial score (nSPS) is 14.9. The van der Waals surface area contributed by atoms with Crippen molar-refractivity contribution in [2.45, 2.75) is 20.5 Å². The van der Waals surface area contributed by atoms with Crippen molar-refractivity contribution in [1.29, 1.82) is 0 Å². The second-order valence-electron chi connectivity index (χ2n) is 7.65. The van der Waals surface area contributed by atoms with Crippen molar-refractivity contribution >= 4 is 56.2 Å². The molecule has 168 valence electrons. The summed E-state index contributed by atoms with van der Waals surface area (Å²) in [5.74, 6) is 0.747. The van der Waals surface area contributed by atoms with Crippen LogP contribution in [0.1, 0.15) is 22.5 Å². The Morgan fingerprint density at radius 1 is 1.12 bits per heavy atom. The van der Waals surface area contributed by atoms with Crippen LogP contribution in [0, 0.1) is 13.8 Å². The zero-order chi connectivity index (χ0) is 23.5. The van der Waals surface area contributed by atoms with Gasteiger partial charge in [0.15, 0.2) is 0 Å². The molecular formula is C26H23BrN2O2S2.